The Labute approximate surface area is 166 Å². The zero-order valence-electron chi connectivity index (χ0n) is 16.7. The molecule has 0 unspecified atom stereocenters. The molecular formula is C23H29FN2O2. The van der Waals surface area contributed by atoms with Gasteiger partial charge in [0.05, 0.1) is 6.54 Å². The van der Waals surface area contributed by atoms with E-state index in [1.807, 2.05) is 31.2 Å². The molecule has 1 N–H and O–H groups in total. The molecule has 0 saturated carbocycles. The van der Waals surface area contributed by atoms with Gasteiger partial charge in [-0.05, 0) is 69.1 Å². The van der Waals surface area contributed by atoms with Crippen LogP contribution in [0.2, 0.25) is 0 Å². The number of nitrogens with one attached hydrogen (secondary N) is 1. The van der Waals surface area contributed by atoms with Crippen LogP contribution in [0.4, 0.5) is 4.39 Å². The molecule has 1 saturated heterocycles. The average molecular weight is 384 g/mol. The number of ether oxygens (including phenoxy) is 1. The van der Waals surface area contributed by atoms with Crippen LogP contribution in [0.5, 0.6) is 5.75 Å². The maximum atomic E-state index is 13.0. The summed E-state index contributed by atoms with van der Waals surface area (Å²) in [4.78, 5) is 14.7. The predicted molar refractivity (Wildman–Crippen MR) is 109 cm³/mol. The summed E-state index contributed by atoms with van der Waals surface area (Å²) in [5, 5.41) is 3.00. The molecule has 150 valence electrons. The van der Waals surface area contributed by atoms with Gasteiger partial charge in [0, 0.05) is 12.5 Å². The zero-order chi connectivity index (χ0) is 19.9. The van der Waals surface area contributed by atoms with Gasteiger partial charge >= 0.3 is 0 Å². The first-order chi connectivity index (χ1) is 13.5. The summed E-state index contributed by atoms with van der Waals surface area (Å²) in [7, 11) is 0. The Kier molecular flexibility index (Phi) is 7.04. The van der Waals surface area contributed by atoms with Gasteiger partial charge in [0.1, 0.15) is 18.2 Å². The number of amides is 1. The molecule has 3 rings (SSSR count). The van der Waals surface area contributed by atoms with Gasteiger partial charge in [-0.1, -0.05) is 29.8 Å². The molecule has 2 aromatic rings. The number of aryl methyl sites for hydroxylation is 2. The number of piperidine rings is 1. The monoisotopic (exact) mass is 384 g/mol. The minimum absolute atomic E-state index is 0.0607. The average Bonchev–Trinajstić information content (AvgIpc) is 2.69. The van der Waals surface area contributed by atoms with Gasteiger partial charge in [0.15, 0.2) is 0 Å². The van der Waals surface area contributed by atoms with Crippen LogP contribution in [0.15, 0.2) is 42.5 Å². The molecular weight excluding hydrogens is 355 g/mol. The number of likely N-dealkylation sites (tertiary alicyclic amines) is 1. The Hall–Kier alpha value is -2.40. The molecule has 0 atom stereocenters. The third kappa shape index (κ3) is 5.80. The Balaban J connectivity index is 1.35. The highest BCUT2D eigenvalue weighted by molar-refractivity contribution is 5.78. The standard InChI is InChI=1S/C23H29FN2O2/c1-17-3-8-22(18(2)15-17)28-14-11-25-23(27)20-9-12-26(13-10-20)16-19-4-6-21(24)7-5-19/h3-8,15,20H,9-14,16H2,1-2H3,(H,25,27). The van der Waals surface area contributed by atoms with Crippen molar-refractivity contribution in [3.05, 3.63) is 65.0 Å². The minimum atomic E-state index is -0.208. The lowest BCUT2D eigenvalue weighted by Gasteiger charge is -2.31. The van der Waals surface area contributed by atoms with E-state index in [4.69, 9.17) is 4.74 Å². The first kappa shape index (κ1) is 20.3. The SMILES string of the molecule is Cc1ccc(OCCNC(=O)C2CCN(Cc3ccc(F)cc3)CC2)c(C)c1. The lowest BCUT2D eigenvalue weighted by molar-refractivity contribution is -0.126. The van der Waals surface area contributed by atoms with Crippen molar-refractivity contribution < 1.29 is 13.9 Å². The van der Waals surface area contributed by atoms with Crippen molar-refractivity contribution in [2.75, 3.05) is 26.2 Å². The second kappa shape index (κ2) is 9.69. The smallest absolute Gasteiger partial charge is 0.223 e. The Bertz CT molecular complexity index is 784. The molecule has 0 bridgehead atoms. The van der Waals surface area contributed by atoms with E-state index >= 15 is 0 Å². The maximum Gasteiger partial charge on any atom is 0.223 e. The molecule has 5 heteroatoms. The highest BCUT2D eigenvalue weighted by atomic mass is 19.1. The summed E-state index contributed by atoms with van der Waals surface area (Å²) >= 11 is 0. The fourth-order valence-electron chi connectivity index (χ4n) is 3.64. The van der Waals surface area contributed by atoms with Crippen molar-refractivity contribution in [3.63, 3.8) is 0 Å². The van der Waals surface area contributed by atoms with Crippen molar-refractivity contribution in [2.24, 2.45) is 5.92 Å². The fourth-order valence-corrected chi connectivity index (χ4v) is 3.64. The number of carbonyl (C=O) groups is 1. The van der Waals surface area contributed by atoms with E-state index in [2.05, 4.69) is 23.2 Å². The van der Waals surface area contributed by atoms with Crippen LogP contribution in [0.3, 0.4) is 0 Å². The van der Waals surface area contributed by atoms with Crippen LogP contribution in [0.25, 0.3) is 0 Å². The number of hydrogen-bond donors (Lipinski definition) is 1. The summed E-state index contributed by atoms with van der Waals surface area (Å²) in [6.07, 6.45) is 1.70. The second-order valence-corrected chi connectivity index (χ2v) is 7.59. The lowest BCUT2D eigenvalue weighted by atomic mass is 9.95. The molecule has 0 spiro atoms. The summed E-state index contributed by atoms with van der Waals surface area (Å²) in [6, 6.07) is 12.7. The van der Waals surface area contributed by atoms with Crippen LogP contribution in [-0.2, 0) is 11.3 Å². The number of halogens is 1. The van der Waals surface area contributed by atoms with Crippen LogP contribution >= 0.6 is 0 Å². The molecule has 1 aliphatic heterocycles. The van der Waals surface area contributed by atoms with Gasteiger partial charge in [-0.25, -0.2) is 4.39 Å². The molecule has 4 nitrogen and oxygen atoms in total. The van der Waals surface area contributed by atoms with E-state index in [1.54, 1.807) is 0 Å². The highest BCUT2D eigenvalue weighted by Crippen LogP contribution is 2.20. The number of rotatable bonds is 7. The van der Waals surface area contributed by atoms with Crippen molar-refractivity contribution in [2.45, 2.75) is 33.2 Å². The fraction of sp³-hybridized carbons (Fsp3) is 0.435. The molecule has 1 aliphatic rings. The van der Waals surface area contributed by atoms with Crippen LogP contribution < -0.4 is 10.1 Å². The maximum absolute atomic E-state index is 13.0. The third-order valence-corrected chi connectivity index (χ3v) is 5.27. The summed E-state index contributed by atoms with van der Waals surface area (Å²) < 4.78 is 18.8. The van der Waals surface area contributed by atoms with Gasteiger partial charge in [-0.3, -0.25) is 9.69 Å². The van der Waals surface area contributed by atoms with Gasteiger partial charge < -0.3 is 10.1 Å². The quantitative estimate of drug-likeness (QED) is 0.738. The highest BCUT2D eigenvalue weighted by Gasteiger charge is 2.24. The summed E-state index contributed by atoms with van der Waals surface area (Å²) in [6.45, 7) is 7.64. The van der Waals surface area contributed by atoms with Crippen LogP contribution in [0.1, 0.15) is 29.5 Å². The molecule has 1 fully saturated rings. The third-order valence-electron chi connectivity index (χ3n) is 5.27. The van der Waals surface area contributed by atoms with E-state index in [0.29, 0.717) is 13.2 Å². The van der Waals surface area contributed by atoms with Gasteiger partial charge in [-0.15, -0.1) is 0 Å². The molecule has 0 radical (unpaired) electrons. The Morgan fingerprint density at radius 2 is 1.86 bits per heavy atom. The predicted octanol–water partition coefficient (Wildman–Crippen LogP) is 3.85. The largest absolute Gasteiger partial charge is 0.491 e. The lowest BCUT2D eigenvalue weighted by Crippen LogP contribution is -2.41. The second-order valence-electron chi connectivity index (χ2n) is 7.59. The van der Waals surface area contributed by atoms with E-state index in [0.717, 1.165) is 49.4 Å². The van der Waals surface area contributed by atoms with E-state index in [9.17, 15) is 9.18 Å². The van der Waals surface area contributed by atoms with Crippen molar-refractivity contribution in [1.29, 1.82) is 0 Å². The van der Waals surface area contributed by atoms with Crippen LogP contribution in [0, 0.1) is 25.6 Å². The van der Waals surface area contributed by atoms with E-state index in [1.165, 1.54) is 17.7 Å². The topological polar surface area (TPSA) is 41.6 Å². The molecule has 0 aliphatic carbocycles. The van der Waals surface area contributed by atoms with Gasteiger partial charge in [0.2, 0.25) is 5.91 Å². The Morgan fingerprint density at radius 1 is 1.14 bits per heavy atom. The molecule has 2 aromatic carbocycles. The van der Waals surface area contributed by atoms with Crippen LogP contribution in [-0.4, -0.2) is 37.0 Å². The number of nitrogens with zero attached hydrogens (tertiary/aromatic N) is 1. The summed E-state index contributed by atoms with van der Waals surface area (Å²) in [5.41, 5.74) is 3.43. The summed E-state index contributed by atoms with van der Waals surface area (Å²) in [5.74, 6) is 0.839. The van der Waals surface area contributed by atoms with Crippen molar-refractivity contribution >= 4 is 5.91 Å². The minimum Gasteiger partial charge on any atom is -0.491 e. The van der Waals surface area contributed by atoms with E-state index < -0.39 is 0 Å². The van der Waals surface area contributed by atoms with E-state index in [-0.39, 0.29) is 17.6 Å². The molecule has 1 amide bonds. The van der Waals surface area contributed by atoms with Crippen molar-refractivity contribution in [1.82, 2.24) is 10.2 Å². The van der Waals surface area contributed by atoms with Crippen molar-refractivity contribution in [3.8, 4) is 5.75 Å². The number of benzene rings is 2. The van der Waals surface area contributed by atoms with Gasteiger partial charge in [-0.2, -0.15) is 0 Å². The molecule has 0 aromatic heterocycles. The molecule has 28 heavy (non-hydrogen) atoms. The normalized spacial score (nSPS) is 15.4. The first-order valence-corrected chi connectivity index (χ1v) is 9.96. The van der Waals surface area contributed by atoms with Gasteiger partial charge in [0.25, 0.3) is 0 Å². The first-order valence-electron chi connectivity index (χ1n) is 9.96. The molecule has 1 heterocycles. The Morgan fingerprint density at radius 3 is 2.54 bits per heavy atom. The number of carbonyl (C=O) groups excluding carboxylic acids is 1. The zero-order valence-corrected chi connectivity index (χ0v) is 16.7. The number of hydrogen-bond acceptors (Lipinski definition) is 3.